The van der Waals surface area contributed by atoms with E-state index in [2.05, 4.69) is 32.9 Å². The topological polar surface area (TPSA) is 48.9 Å². The second kappa shape index (κ2) is 8.82. The average molecular weight is 375 g/mol. The van der Waals surface area contributed by atoms with Crippen molar-refractivity contribution in [2.24, 2.45) is 5.10 Å². The van der Waals surface area contributed by atoms with Crippen molar-refractivity contribution in [3.8, 4) is 5.75 Å². The average Bonchev–Trinajstić information content (AvgIpc) is 3.12. The van der Waals surface area contributed by atoms with Crippen molar-refractivity contribution < 1.29 is 4.74 Å². The largest absolute Gasteiger partial charge is 0.497 e. The second-order valence-corrected chi connectivity index (χ2v) is 7.28. The summed E-state index contributed by atoms with van der Waals surface area (Å²) in [6.45, 7) is 2.32. The molecule has 0 bridgehead atoms. The molecule has 1 aromatic heterocycles. The van der Waals surface area contributed by atoms with Gasteiger partial charge in [0.05, 0.1) is 18.3 Å². The van der Waals surface area contributed by atoms with Crippen LogP contribution < -0.4 is 20.4 Å². The first-order valence-corrected chi connectivity index (χ1v) is 9.56. The van der Waals surface area contributed by atoms with E-state index >= 15 is 0 Å². The number of nitrogens with zero attached hydrogens (tertiary/aromatic N) is 2. The number of piperidine rings is 1. The van der Waals surface area contributed by atoms with Crippen molar-refractivity contribution in [2.75, 3.05) is 30.4 Å². The molecule has 1 aliphatic heterocycles. The lowest BCUT2D eigenvalue weighted by atomic mass is 10.1. The summed E-state index contributed by atoms with van der Waals surface area (Å²) in [6, 6.07) is 11.8. The first kappa shape index (κ1) is 17.7. The van der Waals surface area contributed by atoms with Crippen LogP contribution in [0.2, 0.25) is 0 Å². The van der Waals surface area contributed by atoms with Gasteiger partial charge in [-0.1, -0.05) is 0 Å². The van der Waals surface area contributed by atoms with Gasteiger partial charge in [0.15, 0.2) is 5.11 Å². The number of methoxy groups -OCH3 is 1. The highest BCUT2D eigenvalue weighted by molar-refractivity contribution is 7.80. The monoisotopic (exact) mass is 374 g/mol. The quantitative estimate of drug-likeness (QED) is 0.469. The van der Waals surface area contributed by atoms with Crippen molar-refractivity contribution in [3.05, 3.63) is 41.3 Å². The number of anilines is 2. The Balaban J connectivity index is 1.48. The zero-order chi connectivity index (χ0) is 17.5. The van der Waals surface area contributed by atoms with Gasteiger partial charge in [0, 0.05) is 23.7 Å². The summed E-state index contributed by atoms with van der Waals surface area (Å²) in [4.78, 5) is 3.56. The molecule has 0 aliphatic carbocycles. The van der Waals surface area contributed by atoms with Crippen LogP contribution in [0.4, 0.5) is 10.7 Å². The molecule has 132 valence electrons. The van der Waals surface area contributed by atoms with Gasteiger partial charge in [-0.05, 0) is 67.9 Å². The van der Waals surface area contributed by atoms with E-state index in [1.54, 1.807) is 24.7 Å². The van der Waals surface area contributed by atoms with Crippen molar-refractivity contribution in [2.45, 2.75) is 19.3 Å². The maximum Gasteiger partial charge on any atom is 0.191 e. The molecular formula is C18H22N4OS2. The number of rotatable bonds is 5. The van der Waals surface area contributed by atoms with Gasteiger partial charge in [-0.3, -0.25) is 5.43 Å². The van der Waals surface area contributed by atoms with E-state index in [0.717, 1.165) is 29.4 Å². The number of hydrazone groups is 1. The van der Waals surface area contributed by atoms with Crippen molar-refractivity contribution in [1.29, 1.82) is 0 Å². The SMILES string of the molecule is COc1ccc(NC(=S)N/N=C\c2ccc(N3CCCCC3)s2)cc1. The Kier molecular flexibility index (Phi) is 6.25. The highest BCUT2D eigenvalue weighted by Crippen LogP contribution is 2.27. The minimum atomic E-state index is 0.453. The number of benzene rings is 1. The van der Waals surface area contributed by atoms with Gasteiger partial charge in [-0.25, -0.2) is 0 Å². The fourth-order valence-electron chi connectivity index (χ4n) is 2.68. The molecule has 0 radical (unpaired) electrons. The van der Waals surface area contributed by atoms with Gasteiger partial charge in [-0.2, -0.15) is 5.10 Å². The molecule has 2 heterocycles. The van der Waals surface area contributed by atoms with E-state index in [1.165, 1.54) is 24.3 Å². The Hall–Kier alpha value is -2.12. The number of nitrogens with one attached hydrogen (secondary N) is 2. The molecule has 1 fully saturated rings. The van der Waals surface area contributed by atoms with Crippen LogP contribution >= 0.6 is 23.6 Å². The van der Waals surface area contributed by atoms with Crippen molar-refractivity contribution >= 4 is 45.6 Å². The lowest BCUT2D eigenvalue weighted by Crippen LogP contribution is -2.28. The van der Waals surface area contributed by atoms with Crippen LogP contribution in [0.5, 0.6) is 5.75 Å². The molecule has 3 rings (SSSR count). The van der Waals surface area contributed by atoms with E-state index < -0.39 is 0 Å². The van der Waals surface area contributed by atoms with Gasteiger partial charge in [0.1, 0.15) is 5.75 Å². The summed E-state index contributed by atoms with van der Waals surface area (Å²) in [5, 5.41) is 9.07. The maximum absolute atomic E-state index is 5.25. The molecule has 5 nitrogen and oxygen atoms in total. The predicted molar refractivity (Wildman–Crippen MR) is 110 cm³/mol. The minimum absolute atomic E-state index is 0.453. The summed E-state index contributed by atoms with van der Waals surface area (Å²) in [5.74, 6) is 0.810. The molecule has 0 spiro atoms. The second-order valence-electron chi connectivity index (χ2n) is 5.78. The number of hydrogen-bond donors (Lipinski definition) is 2. The molecule has 0 amide bonds. The molecule has 2 aromatic rings. The summed E-state index contributed by atoms with van der Waals surface area (Å²) in [7, 11) is 1.64. The predicted octanol–water partition coefficient (Wildman–Crippen LogP) is 4.07. The number of hydrogen-bond acceptors (Lipinski definition) is 5. The van der Waals surface area contributed by atoms with Crippen molar-refractivity contribution in [1.82, 2.24) is 5.43 Å². The smallest absolute Gasteiger partial charge is 0.191 e. The van der Waals surface area contributed by atoms with Gasteiger partial charge >= 0.3 is 0 Å². The molecule has 1 aromatic carbocycles. The molecular weight excluding hydrogens is 352 g/mol. The number of thiophene rings is 1. The third-order valence-electron chi connectivity index (χ3n) is 3.99. The zero-order valence-corrected chi connectivity index (χ0v) is 15.8. The molecule has 1 aliphatic rings. The first-order chi connectivity index (χ1) is 12.2. The van der Waals surface area contributed by atoms with E-state index in [1.807, 2.05) is 24.3 Å². The summed E-state index contributed by atoms with van der Waals surface area (Å²) in [5.41, 5.74) is 3.73. The lowest BCUT2D eigenvalue weighted by molar-refractivity contribution is 0.415. The van der Waals surface area contributed by atoms with E-state index in [-0.39, 0.29) is 0 Å². The molecule has 7 heteroatoms. The van der Waals surface area contributed by atoms with Crippen LogP contribution in [0.1, 0.15) is 24.1 Å². The normalized spacial score (nSPS) is 14.5. The fraction of sp³-hybridized carbons (Fsp3) is 0.333. The Morgan fingerprint density at radius 3 is 2.64 bits per heavy atom. The molecule has 0 atom stereocenters. The van der Waals surface area contributed by atoms with Gasteiger partial charge in [-0.15, -0.1) is 11.3 Å². The summed E-state index contributed by atoms with van der Waals surface area (Å²) in [6.07, 6.45) is 5.72. The Bertz CT molecular complexity index is 721. The third kappa shape index (κ3) is 5.17. The Morgan fingerprint density at radius 1 is 1.16 bits per heavy atom. The van der Waals surface area contributed by atoms with Crippen LogP contribution in [0.3, 0.4) is 0 Å². The molecule has 0 unspecified atom stereocenters. The van der Waals surface area contributed by atoms with E-state index in [0.29, 0.717) is 5.11 Å². The summed E-state index contributed by atoms with van der Waals surface area (Å²) >= 11 is 7.01. The standard InChI is InChI=1S/C18H22N4OS2/c1-23-15-7-5-14(6-8-15)20-18(24)21-19-13-16-9-10-17(25-16)22-11-3-2-4-12-22/h5-10,13H,2-4,11-12H2,1H3,(H2,20,21,24)/b19-13-. The van der Waals surface area contributed by atoms with Gasteiger partial charge < -0.3 is 15.0 Å². The molecule has 25 heavy (non-hydrogen) atoms. The minimum Gasteiger partial charge on any atom is -0.497 e. The third-order valence-corrected chi connectivity index (χ3v) is 5.26. The highest BCUT2D eigenvalue weighted by Gasteiger charge is 2.12. The van der Waals surface area contributed by atoms with Gasteiger partial charge in [0.25, 0.3) is 0 Å². The number of ether oxygens (including phenoxy) is 1. The zero-order valence-electron chi connectivity index (χ0n) is 14.2. The maximum atomic E-state index is 5.25. The van der Waals surface area contributed by atoms with E-state index in [4.69, 9.17) is 17.0 Å². The summed E-state index contributed by atoms with van der Waals surface area (Å²) < 4.78 is 5.13. The fourth-order valence-corrected chi connectivity index (χ4v) is 3.79. The molecule has 0 saturated carbocycles. The van der Waals surface area contributed by atoms with Crippen LogP contribution in [0.15, 0.2) is 41.5 Å². The van der Waals surface area contributed by atoms with Crippen molar-refractivity contribution in [3.63, 3.8) is 0 Å². The first-order valence-electron chi connectivity index (χ1n) is 8.33. The van der Waals surface area contributed by atoms with Gasteiger partial charge in [0.2, 0.25) is 0 Å². The van der Waals surface area contributed by atoms with Crippen LogP contribution in [0.25, 0.3) is 0 Å². The van der Waals surface area contributed by atoms with Crippen LogP contribution in [0, 0.1) is 0 Å². The molecule has 2 N–H and O–H groups in total. The number of thiocarbonyl (C=S) groups is 1. The lowest BCUT2D eigenvalue weighted by Gasteiger charge is -2.27. The van der Waals surface area contributed by atoms with Crippen LogP contribution in [-0.2, 0) is 0 Å². The van der Waals surface area contributed by atoms with E-state index in [9.17, 15) is 0 Å². The Labute approximate surface area is 157 Å². The molecule has 1 saturated heterocycles. The Morgan fingerprint density at radius 2 is 1.92 bits per heavy atom. The van der Waals surface area contributed by atoms with Crippen LogP contribution in [-0.4, -0.2) is 31.5 Å². The highest BCUT2D eigenvalue weighted by atomic mass is 32.1.